The predicted molar refractivity (Wildman–Crippen MR) is 88.8 cm³/mol. The normalized spacial score (nSPS) is 23.9. The third-order valence-corrected chi connectivity index (χ3v) is 5.92. The molecule has 1 amide bonds. The van der Waals surface area contributed by atoms with Crippen molar-refractivity contribution in [2.75, 3.05) is 0 Å². The van der Waals surface area contributed by atoms with Gasteiger partial charge in [-0.1, -0.05) is 49.3 Å². The zero-order valence-electron chi connectivity index (χ0n) is 12.2. The Balaban J connectivity index is 1.78. The van der Waals surface area contributed by atoms with Gasteiger partial charge in [-0.15, -0.1) is 0 Å². The Labute approximate surface area is 134 Å². The van der Waals surface area contributed by atoms with E-state index in [-0.39, 0.29) is 16.7 Å². The van der Waals surface area contributed by atoms with Crippen LogP contribution in [0.25, 0.3) is 0 Å². The highest BCUT2D eigenvalue weighted by molar-refractivity contribution is 8.15. The fraction of sp³-hybridized carbons (Fsp3) is 0.500. The molecule has 0 saturated heterocycles. The van der Waals surface area contributed by atoms with Crippen molar-refractivity contribution in [3.63, 3.8) is 0 Å². The molecule has 2 aliphatic rings. The van der Waals surface area contributed by atoms with Crippen LogP contribution in [0.15, 0.2) is 29.3 Å². The van der Waals surface area contributed by atoms with Gasteiger partial charge in [0.2, 0.25) is 0 Å². The van der Waals surface area contributed by atoms with Crippen molar-refractivity contribution in [1.29, 1.82) is 0 Å². The number of nitrogens with zero attached hydrogens (tertiary/aromatic N) is 1. The van der Waals surface area contributed by atoms with E-state index in [1.165, 1.54) is 12.0 Å². The molecule has 1 N–H and O–H groups in total. The molecule has 0 spiro atoms. The first-order valence-corrected chi connectivity index (χ1v) is 8.59. The Kier molecular flexibility index (Phi) is 4.02. The third-order valence-electron chi connectivity index (χ3n) is 4.25. The number of aliphatic imine (C=N–C) groups is 1. The molecule has 3 nitrogen and oxygen atoms in total. The SMILES string of the molecule is CC(C)C1SC(NC2(c3ccc(Cl)cc3)CCC2)=NC1=O. The van der Waals surface area contributed by atoms with Crippen molar-refractivity contribution in [3.8, 4) is 0 Å². The largest absolute Gasteiger partial charge is 0.355 e. The smallest absolute Gasteiger partial charge is 0.261 e. The zero-order valence-corrected chi connectivity index (χ0v) is 13.8. The van der Waals surface area contributed by atoms with Crippen LogP contribution >= 0.6 is 23.4 Å². The highest BCUT2D eigenvalue weighted by atomic mass is 35.5. The molecule has 1 aliphatic heterocycles. The van der Waals surface area contributed by atoms with Crippen molar-refractivity contribution in [3.05, 3.63) is 34.9 Å². The molecule has 112 valence electrons. The van der Waals surface area contributed by atoms with Gasteiger partial charge in [-0.25, -0.2) is 0 Å². The summed E-state index contributed by atoms with van der Waals surface area (Å²) in [6, 6.07) is 7.97. The van der Waals surface area contributed by atoms with Gasteiger partial charge in [0, 0.05) is 5.02 Å². The molecular formula is C16H19ClN2OS. The quantitative estimate of drug-likeness (QED) is 0.915. The van der Waals surface area contributed by atoms with Crippen LogP contribution < -0.4 is 5.32 Å². The van der Waals surface area contributed by atoms with Crippen LogP contribution in [0.3, 0.4) is 0 Å². The first-order valence-electron chi connectivity index (χ1n) is 7.34. The molecule has 0 bridgehead atoms. The van der Waals surface area contributed by atoms with Gasteiger partial charge in [-0.2, -0.15) is 4.99 Å². The third kappa shape index (κ3) is 2.84. The molecule has 1 atom stereocenters. The average molecular weight is 323 g/mol. The number of rotatable bonds is 3. The summed E-state index contributed by atoms with van der Waals surface area (Å²) < 4.78 is 0. The number of hydrogen-bond acceptors (Lipinski definition) is 3. The number of nitrogens with one attached hydrogen (secondary N) is 1. The highest BCUT2D eigenvalue weighted by Crippen LogP contribution is 2.43. The summed E-state index contributed by atoms with van der Waals surface area (Å²) in [6.45, 7) is 4.12. The van der Waals surface area contributed by atoms with E-state index < -0.39 is 0 Å². The van der Waals surface area contributed by atoms with Crippen molar-refractivity contribution in [2.45, 2.75) is 43.9 Å². The molecule has 21 heavy (non-hydrogen) atoms. The number of amides is 1. The maximum Gasteiger partial charge on any atom is 0.261 e. The van der Waals surface area contributed by atoms with E-state index in [1.807, 2.05) is 12.1 Å². The summed E-state index contributed by atoms with van der Waals surface area (Å²) in [6.07, 6.45) is 3.32. The van der Waals surface area contributed by atoms with Gasteiger partial charge >= 0.3 is 0 Å². The molecule has 1 aromatic rings. The number of benzene rings is 1. The van der Waals surface area contributed by atoms with E-state index in [1.54, 1.807) is 11.8 Å². The summed E-state index contributed by atoms with van der Waals surface area (Å²) >= 11 is 7.54. The average Bonchev–Trinajstić information content (AvgIpc) is 2.76. The molecule has 5 heteroatoms. The Morgan fingerprint density at radius 2 is 2.00 bits per heavy atom. The Morgan fingerprint density at radius 3 is 2.48 bits per heavy atom. The lowest BCUT2D eigenvalue weighted by atomic mass is 9.72. The number of carbonyl (C=O) groups is 1. The van der Waals surface area contributed by atoms with Crippen LogP contribution in [0.2, 0.25) is 5.02 Å². The van der Waals surface area contributed by atoms with E-state index in [4.69, 9.17) is 11.6 Å². The summed E-state index contributed by atoms with van der Waals surface area (Å²) in [5, 5.41) is 5.00. The van der Waals surface area contributed by atoms with Crippen LogP contribution in [0.1, 0.15) is 38.7 Å². The Hall–Kier alpha value is -1.00. The molecule has 1 saturated carbocycles. The van der Waals surface area contributed by atoms with Crippen LogP contribution in [0, 0.1) is 5.92 Å². The topological polar surface area (TPSA) is 41.5 Å². The van der Waals surface area contributed by atoms with Crippen molar-refractivity contribution >= 4 is 34.4 Å². The van der Waals surface area contributed by atoms with Crippen LogP contribution in [0.5, 0.6) is 0 Å². The summed E-state index contributed by atoms with van der Waals surface area (Å²) in [7, 11) is 0. The van der Waals surface area contributed by atoms with E-state index >= 15 is 0 Å². The van der Waals surface area contributed by atoms with E-state index in [9.17, 15) is 4.79 Å². The summed E-state index contributed by atoms with van der Waals surface area (Å²) in [5.41, 5.74) is 1.14. The van der Waals surface area contributed by atoms with Crippen LogP contribution in [-0.4, -0.2) is 16.3 Å². The van der Waals surface area contributed by atoms with E-state index in [2.05, 4.69) is 36.3 Å². The lowest BCUT2D eigenvalue weighted by Gasteiger charge is -2.43. The maximum atomic E-state index is 11.9. The van der Waals surface area contributed by atoms with Gasteiger partial charge in [0.25, 0.3) is 5.91 Å². The first kappa shape index (κ1) is 14.9. The number of hydrogen-bond donors (Lipinski definition) is 1. The second-order valence-corrected chi connectivity index (χ2v) is 7.67. The molecule has 3 rings (SSSR count). The van der Waals surface area contributed by atoms with Crippen molar-refractivity contribution in [2.24, 2.45) is 10.9 Å². The Bertz CT molecular complexity index is 578. The summed E-state index contributed by atoms with van der Waals surface area (Å²) in [5.74, 6) is 0.293. The molecule has 0 radical (unpaired) electrons. The van der Waals surface area contributed by atoms with Gasteiger partial charge in [0.15, 0.2) is 5.17 Å². The van der Waals surface area contributed by atoms with Gasteiger partial charge in [0.05, 0.1) is 10.8 Å². The van der Waals surface area contributed by atoms with Crippen LogP contribution in [0.4, 0.5) is 0 Å². The molecule has 0 aromatic heterocycles. The second-order valence-electron chi connectivity index (χ2n) is 6.11. The molecule has 1 fully saturated rings. The minimum atomic E-state index is -0.0808. The number of thioether (sulfide) groups is 1. The first-order chi connectivity index (χ1) is 10.00. The predicted octanol–water partition coefficient (Wildman–Crippen LogP) is 3.96. The fourth-order valence-electron chi connectivity index (χ4n) is 2.83. The zero-order chi connectivity index (χ0) is 15.0. The van der Waals surface area contributed by atoms with E-state index in [0.29, 0.717) is 5.92 Å². The lowest BCUT2D eigenvalue weighted by molar-refractivity contribution is -0.117. The van der Waals surface area contributed by atoms with Gasteiger partial charge in [-0.3, -0.25) is 4.79 Å². The van der Waals surface area contributed by atoms with Gasteiger partial charge in [-0.05, 0) is 42.9 Å². The van der Waals surface area contributed by atoms with Crippen molar-refractivity contribution in [1.82, 2.24) is 5.32 Å². The molecular weight excluding hydrogens is 304 g/mol. The van der Waals surface area contributed by atoms with Crippen LogP contribution in [-0.2, 0) is 10.3 Å². The number of amidine groups is 1. The lowest BCUT2D eigenvalue weighted by Crippen LogP contribution is -2.49. The minimum absolute atomic E-state index is 0.0110. The molecule has 1 heterocycles. The number of halogens is 1. The van der Waals surface area contributed by atoms with E-state index in [0.717, 1.165) is 23.0 Å². The van der Waals surface area contributed by atoms with Gasteiger partial charge in [0.1, 0.15) is 0 Å². The standard InChI is InChI=1S/C16H19ClN2OS/c1-10(2)13-14(20)18-15(21-13)19-16(8-3-9-16)11-4-6-12(17)7-5-11/h4-7,10,13H,3,8-9H2,1-2H3,(H,18,19,20). The Morgan fingerprint density at radius 1 is 1.33 bits per heavy atom. The fourth-order valence-corrected chi connectivity index (χ4v) is 4.02. The molecule has 1 aromatic carbocycles. The minimum Gasteiger partial charge on any atom is -0.355 e. The summed E-state index contributed by atoms with van der Waals surface area (Å²) in [4.78, 5) is 16.1. The monoisotopic (exact) mass is 322 g/mol. The molecule has 1 unspecified atom stereocenters. The molecule has 1 aliphatic carbocycles. The highest BCUT2D eigenvalue weighted by Gasteiger charge is 2.42. The second kappa shape index (κ2) is 5.65. The van der Waals surface area contributed by atoms with Crippen molar-refractivity contribution < 1.29 is 4.79 Å². The van der Waals surface area contributed by atoms with Gasteiger partial charge < -0.3 is 5.32 Å². The number of carbonyl (C=O) groups excluding carboxylic acids is 1. The maximum absolute atomic E-state index is 11.9.